The molecule has 1 atom stereocenters. The number of nitrogens with zero attached hydrogens (tertiary/aromatic N) is 3. The topological polar surface area (TPSA) is 68.0 Å². The minimum Gasteiger partial charge on any atom is -0.456 e. The Morgan fingerprint density at radius 1 is 0.510 bits per heavy atom. The Bertz CT molecular complexity index is 3060. The maximum Gasteiger partial charge on any atom is 0.163 e. The number of hydrogen-bond donors (Lipinski definition) is 1. The average Bonchev–Trinajstić information content (AvgIpc) is 3.86. The molecule has 6 heteroatoms. The summed E-state index contributed by atoms with van der Waals surface area (Å²) in [7, 11) is 0. The highest BCUT2D eigenvalue weighted by atomic mass is 16.3. The van der Waals surface area contributed by atoms with Crippen LogP contribution in [0.1, 0.15) is 22.9 Å². The van der Waals surface area contributed by atoms with Crippen molar-refractivity contribution < 1.29 is 8.83 Å². The maximum absolute atomic E-state index is 6.81. The Morgan fingerprint density at radius 3 is 2.12 bits per heavy atom. The zero-order chi connectivity index (χ0) is 33.5. The van der Waals surface area contributed by atoms with Crippen LogP contribution in [0.4, 0.5) is 0 Å². The molecule has 1 N–H and O–H groups in total. The predicted molar refractivity (Wildman–Crippen MR) is 207 cm³/mol. The number of fused-ring (bicyclic) bond motifs is 9. The predicted octanol–water partition coefficient (Wildman–Crippen LogP) is 11.1. The highest BCUT2D eigenvalue weighted by Gasteiger charge is 2.25. The summed E-state index contributed by atoms with van der Waals surface area (Å²) < 4.78 is 15.3. The van der Waals surface area contributed by atoms with E-state index < -0.39 is 0 Å². The van der Waals surface area contributed by atoms with Crippen LogP contribution in [-0.2, 0) is 0 Å². The molecule has 0 saturated heterocycles. The molecular formula is C45H28N4O2. The van der Waals surface area contributed by atoms with E-state index >= 15 is 0 Å². The molecule has 0 saturated carbocycles. The van der Waals surface area contributed by atoms with Crippen molar-refractivity contribution in [1.29, 1.82) is 0 Å². The van der Waals surface area contributed by atoms with E-state index in [1.54, 1.807) is 0 Å². The van der Waals surface area contributed by atoms with E-state index in [4.69, 9.17) is 18.8 Å². The quantitative estimate of drug-likeness (QED) is 0.205. The van der Waals surface area contributed by atoms with Crippen molar-refractivity contribution in [2.24, 2.45) is 9.98 Å². The molecule has 0 aliphatic carbocycles. The Balaban J connectivity index is 1.12. The molecule has 240 valence electrons. The smallest absolute Gasteiger partial charge is 0.163 e. The number of benzene rings is 7. The summed E-state index contributed by atoms with van der Waals surface area (Å²) in [5.41, 5.74) is 9.52. The number of nitrogens with one attached hydrogen (secondary N) is 1. The lowest BCUT2D eigenvalue weighted by Gasteiger charge is -2.23. The van der Waals surface area contributed by atoms with Crippen molar-refractivity contribution in [3.8, 4) is 5.69 Å². The SMILES string of the molecule is c1ccc(C2N=C(c3cccc4c3oc3cc5c(cc34)c3ccccc3n5-c3ccccc3)N=C(c3ccc4oc5ccccc5c4c3)N2)cc1. The molecule has 0 fully saturated rings. The summed E-state index contributed by atoms with van der Waals surface area (Å²) >= 11 is 0. The van der Waals surface area contributed by atoms with Gasteiger partial charge in [0, 0.05) is 49.6 Å². The molecule has 0 bridgehead atoms. The van der Waals surface area contributed by atoms with Crippen LogP contribution in [0, 0.1) is 0 Å². The van der Waals surface area contributed by atoms with Crippen molar-refractivity contribution in [1.82, 2.24) is 9.88 Å². The minimum absolute atomic E-state index is 0.343. The Morgan fingerprint density at radius 2 is 1.24 bits per heavy atom. The molecule has 1 aliphatic rings. The van der Waals surface area contributed by atoms with Gasteiger partial charge in [-0.25, -0.2) is 9.98 Å². The number of furan rings is 2. The molecule has 10 aromatic rings. The highest BCUT2D eigenvalue weighted by molar-refractivity contribution is 6.22. The first-order valence-electron chi connectivity index (χ1n) is 17.1. The number of rotatable bonds is 4. The van der Waals surface area contributed by atoms with E-state index in [0.29, 0.717) is 5.84 Å². The summed E-state index contributed by atoms with van der Waals surface area (Å²) in [4.78, 5) is 10.4. The van der Waals surface area contributed by atoms with Gasteiger partial charge in [0.1, 0.15) is 34.3 Å². The number of amidine groups is 2. The lowest BCUT2D eigenvalue weighted by Crippen LogP contribution is -2.33. The normalized spacial score (nSPS) is 14.9. The molecule has 1 aliphatic heterocycles. The summed E-state index contributed by atoms with van der Waals surface area (Å²) in [5, 5.41) is 10.2. The van der Waals surface area contributed by atoms with Gasteiger partial charge in [0.2, 0.25) is 0 Å². The molecule has 0 amide bonds. The fourth-order valence-corrected chi connectivity index (χ4v) is 7.69. The van der Waals surface area contributed by atoms with Gasteiger partial charge >= 0.3 is 0 Å². The summed E-state index contributed by atoms with van der Waals surface area (Å²) in [6.45, 7) is 0. The van der Waals surface area contributed by atoms with Gasteiger partial charge in [-0.05, 0) is 60.2 Å². The van der Waals surface area contributed by atoms with Gasteiger partial charge in [-0.15, -0.1) is 0 Å². The van der Waals surface area contributed by atoms with Gasteiger partial charge in [-0.1, -0.05) is 97.1 Å². The minimum atomic E-state index is -0.343. The van der Waals surface area contributed by atoms with E-state index in [-0.39, 0.29) is 6.17 Å². The molecule has 51 heavy (non-hydrogen) atoms. The molecule has 0 spiro atoms. The molecule has 7 aromatic carbocycles. The standard InChI is InChI=1S/C45H28N4O2/c1-3-12-27(13-4-1)43-46-44(28-22-23-40-35(24-28)31-17-8-10-21-39(31)50-40)48-45(47-43)33-19-11-18-32-36-25-34-30-16-7-9-20-37(30)49(29-14-5-2-6-15-29)38(34)26-41(36)51-42(32)33/h1-26,43H,(H,46,47,48). The summed E-state index contributed by atoms with van der Waals surface area (Å²) in [5.74, 6) is 1.35. The molecular weight excluding hydrogens is 629 g/mol. The van der Waals surface area contributed by atoms with Gasteiger partial charge in [0.05, 0.1) is 16.6 Å². The van der Waals surface area contributed by atoms with Gasteiger partial charge in [0.15, 0.2) is 5.84 Å². The lowest BCUT2D eigenvalue weighted by atomic mass is 10.0. The summed E-state index contributed by atoms with van der Waals surface area (Å²) in [6.07, 6.45) is -0.343. The Kier molecular flexibility index (Phi) is 5.92. The fraction of sp³-hybridized carbons (Fsp3) is 0.0222. The van der Waals surface area contributed by atoms with Crippen molar-refractivity contribution >= 4 is 77.4 Å². The second kappa shape index (κ2) is 10.8. The van der Waals surface area contributed by atoms with Crippen molar-refractivity contribution in [3.05, 3.63) is 174 Å². The zero-order valence-corrected chi connectivity index (χ0v) is 27.2. The molecule has 11 rings (SSSR count). The number of aliphatic imine (C=N–C) groups is 2. The van der Waals surface area contributed by atoms with Gasteiger partial charge in [-0.3, -0.25) is 0 Å². The van der Waals surface area contributed by atoms with Gasteiger partial charge in [-0.2, -0.15) is 0 Å². The van der Waals surface area contributed by atoms with E-state index in [2.05, 4.69) is 119 Å². The molecule has 4 heterocycles. The largest absolute Gasteiger partial charge is 0.456 e. The van der Waals surface area contributed by atoms with Crippen LogP contribution in [0.25, 0.3) is 71.4 Å². The average molecular weight is 657 g/mol. The van der Waals surface area contributed by atoms with Crippen LogP contribution in [0.15, 0.2) is 177 Å². The number of aromatic nitrogens is 1. The third-order valence-electron chi connectivity index (χ3n) is 10.1. The van der Waals surface area contributed by atoms with E-state index in [0.717, 1.165) is 83.1 Å². The third-order valence-corrected chi connectivity index (χ3v) is 10.1. The van der Waals surface area contributed by atoms with Gasteiger partial charge in [0.25, 0.3) is 0 Å². The van der Waals surface area contributed by atoms with Crippen LogP contribution < -0.4 is 5.32 Å². The van der Waals surface area contributed by atoms with Crippen molar-refractivity contribution in [2.45, 2.75) is 6.17 Å². The van der Waals surface area contributed by atoms with Crippen molar-refractivity contribution in [2.75, 3.05) is 0 Å². The van der Waals surface area contributed by atoms with E-state index in [1.807, 2.05) is 48.5 Å². The molecule has 6 nitrogen and oxygen atoms in total. The van der Waals surface area contributed by atoms with Crippen LogP contribution in [0.3, 0.4) is 0 Å². The third kappa shape index (κ3) is 4.30. The van der Waals surface area contributed by atoms with Crippen LogP contribution >= 0.6 is 0 Å². The summed E-state index contributed by atoms with van der Waals surface area (Å²) in [6, 6.07) is 54.4. The molecule has 3 aromatic heterocycles. The second-order valence-corrected chi connectivity index (χ2v) is 13.0. The fourth-order valence-electron chi connectivity index (χ4n) is 7.69. The first-order chi connectivity index (χ1) is 25.3. The van der Waals surface area contributed by atoms with Crippen LogP contribution in [0.2, 0.25) is 0 Å². The molecule has 0 radical (unpaired) electrons. The Hall–Kier alpha value is -6.92. The zero-order valence-electron chi connectivity index (χ0n) is 27.2. The highest BCUT2D eigenvalue weighted by Crippen LogP contribution is 2.39. The number of para-hydroxylation sites is 4. The van der Waals surface area contributed by atoms with Crippen molar-refractivity contribution in [3.63, 3.8) is 0 Å². The van der Waals surface area contributed by atoms with Crippen LogP contribution in [0.5, 0.6) is 0 Å². The van der Waals surface area contributed by atoms with E-state index in [9.17, 15) is 0 Å². The maximum atomic E-state index is 6.81. The Labute approximate surface area is 291 Å². The first-order valence-corrected chi connectivity index (χ1v) is 17.1. The second-order valence-electron chi connectivity index (χ2n) is 13.0. The monoisotopic (exact) mass is 656 g/mol. The van der Waals surface area contributed by atoms with Crippen LogP contribution in [-0.4, -0.2) is 16.2 Å². The first kappa shape index (κ1) is 28.0. The van der Waals surface area contributed by atoms with E-state index in [1.165, 1.54) is 10.8 Å². The lowest BCUT2D eigenvalue weighted by molar-refractivity contribution is 0.663. The number of hydrogen-bond acceptors (Lipinski definition) is 5. The molecule has 1 unspecified atom stereocenters. The van der Waals surface area contributed by atoms with Gasteiger partial charge < -0.3 is 18.7 Å².